The predicted molar refractivity (Wildman–Crippen MR) is 294 cm³/mol. The van der Waals surface area contributed by atoms with E-state index < -0.39 is 68.9 Å². The standard InChI is InChI=1S/C57H105N2O15P/c1-5-8-11-14-16-18-19-20-21-22-23-24-26-28-31-39-52(63)73-48(45-70-56(67)47(35-29-13-10-7-3)36-30-27-25-17-15-12-9-6-2)46-72-75(4,68)71-43-41-59-51(62)38-33-32-37-50(61)58-40-34-42-69-57-55(66)54(65)53(64)49(44-60)74-57/h20-21,30,36,47-49,53-55,57,60,64-66H,5-19,22-29,31-35,37-46H2,1-4H3,(H,58,61)(H,59,62)/b21-20-,36-30+/t47?,48-,49?,53+,54+,55?,57-,75?/m1/s1. The number of rotatable bonds is 50. The third-order valence-corrected chi connectivity index (χ3v) is 14.5. The van der Waals surface area contributed by atoms with Gasteiger partial charge in [-0.1, -0.05) is 154 Å². The summed E-state index contributed by atoms with van der Waals surface area (Å²) in [6.07, 6.45) is 30.3. The van der Waals surface area contributed by atoms with Gasteiger partial charge >= 0.3 is 19.5 Å². The molecular formula is C57H105N2O15P. The Bertz CT molecular complexity index is 1550. The van der Waals surface area contributed by atoms with E-state index in [0.29, 0.717) is 32.1 Å². The summed E-state index contributed by atoms with van der Waals surface area (Å²) in [6, 6.07) is 0. The smallest absolute Gasteiger partial charge is 0.327 e. The molecule has 0 bridgehead atoms. The van der Waals surface area contributed by atoms with E-state index in [1.54, 1.807) is 0 Å². The maximum absolute atomic E-state index is 13.5. The zero-order valence-corrected chi connectivity index (χ0v) is 47.8. The van der Waals surface area contributed by atoms with Crippen molar-refractivity contribution in [3.8, 4) is 0 Å². The van der Waals surface area contributed by atoms with Crippen molar-refractivity contribution in [2.24, 2.45) is 5.92 Å². The summed E-state index contributed by atoms with van der Waals surface area (Å²) in [5.41, 5.74) is 0. The van der Waals surface area contributed by atoms with Crippen LogP contribution in [-0.4, -0.2) is 134 Å². The largest absolute Gasteiger partial charge is 0.461 e. The molecule has 1 rings (SSSR count). The number of aliphatic hydroxyl groups excluding tert-OH is 4. The van der Waals surface area contributed by atoms with Crippen molar-refractivity contribution < 1.29 is 72.2 Å². The van der Waals surface area contributed by atoms with Crippen LogP contribution >= 0.6 is 7.60 Å². The maximum atomic E-state index is 13.5. The zero-order valence-electron chi connectivity index (χ0n) is 46.9. The van der Waals surface area contributed by atoms with Gasteiger partial charge in [0.25, 0.3) is 0 Å². The first-order valence-corrected chi connectivity index (χ1v) is 31.3. The summed E-state index contributed by atoms with van der Waals surface area (Å²) in [6.45, 7) is 7.06. The number of hydrogen-bond acceptors (Lipinski definition) is 15. The van der Waals surface area contributed by atoms with Crippen LogP contribution in [0.15, 0.2) is 24.3 Å². The molecule has 0 aromatic carbocycles. The predicted octanol–water partition coefficient (Wildman–Crippen LogP) is 10.2. The van der Waals surface area contributed by atoms with Crippen LogP contribution in [0.4, 0.5) is 0 Å². The molecule has 1 saturated heterocycles. The highest BCUT2D eigenvalue weighted by Crippen LogP contribution is 2.43. The lowest BCUT2D eigenvalue weighted by molar-refractivity contribution is -0.301. The minimum Gasteiger partial charge on any atom is -0.461 e. The molecule has 0 aromatic rings. The second-order valence-electron chi connectivity index (χ2n) is 20.2. The van der Waals surface area contributed by atoms with Crippen molar-refractivity contribution in [3.63, 3.8) is 0 Å². The van der Waals surface area contributed by atoms with Crippen LogP contribution in [0.3, 0.4) is 0 Å². The summed E-state index contributed by atoms with van der Waals surface area (Å²) in [5.74, 6) is -1.74. The molecule has 17 nitrogen and oxygen atoms in total. The van der Waals surface area contributed by atoms with Gasteiger partial charge in [-0.2, -0.15) is 0 Å². The molecular weight excluding hydrogens is 984 g/mol. The molecule has 0 spiro atoms. The highest BCUT2D eigenvalue weighted by Gasteiger charge is 2.44. The number of esters is 2. The number of carbonyl (C=O) groups excluding carboxylic acids is 4. The van der Waals surface area contributed by atoms with Crippen LogP contribution in [-0.2, 0) is 51.7 Å². The Morgan fingerprint density at radius 3 is 1.69 bits per heavy atom. The van der Waals surface area contributed by atoms with Gasteiger partial charge < -0.3 is 59.1 Å². The molecule has 1 aliphatic heterocycles. The number of ether oxygens (including phenoxy) is 4. The molecule has 1 heterocycles. The fourth-order valence-electron chi connectivity index (χ4n) is 8.48. The molecule has 8 atom stereocenters. The number of hydrogen-bond donors (Lipinski definition) is 6. The average molecular weight is 1090 g/mol. The Balaban J connectivity index is 2.58. The highest BCUT2D eigenvalue weighted by atomic mass is 31.2. The molecule has 6 N–H and O–H groups in total. The Morgan fingerprint density at radius 1 is 0.587 bits per heavy atom. The monoisotopic (exact) mass is 1090 g/mol. The lowest BCUT2D eigenvalue weighted by Gasteiger charge is -2.39. The number of unbranched alkanes of at least 4 members (excludes halogenated alkanes) is 21. The fourth-order valence-corrected chi connectivity index (χ4v) is 9.41. The van der Waals surface area contributed by atoms with E-state index in [9.17, 15) is 44.2 Å². The van der Waals surface area contributed by atoms with Crippen molar-refractivity contribution in [1.29, 1.82) is 0 Å². The highest BCUT2D eigenvalue weighted by molar-refractivity contribution is 7.52. The molecule has 0 aromatic heterocycles. The van der Waals surface area contributed by atoms with Gasteiger partial charge in [0.15, 0.2) is 12.4 Å². The van der Waals surface area contributed by atoms with E-state index in [0.717, 1.165) is 83.5 Å². The van der Waals surface area contributed by atoms with Gasteiger partial charge in [-0.15, -0.1) is 0 Å². The Kier molecular flexibility index (Phi) is 44.3. The van der Waals surface area contributed by atoms with E-state index in [4.69, 9.17) is 28.0 Å². The number of allylic oxidation sites excluding steroid dienone is 3. The summed E-state index contributed by atoms with van der Waals surface area (Å²) >= 11 is 0. The number of carbonyl (C=O) groups is 4. The van der Waals surface area contributed by atoms with E-state index in [-0.39, 0.29) is 70.6 Å². The van der Waals surface area contributed by atoms with Crippen LogP contribution in [0.1, 0.15) is 220 Å². The Hall–Kier alpha value is -2.73. The summed E-state index contributed by atoms with van der Waals surface area (Å²) in [7, 11) is -3.69. The average Bonchev–Trinajstić information content (AvgIpc) is 3.39. The van der Waals surface area contributed by atoms with Gasteiger partial charge in [0.1, 0.15) is 31.0 Å². The van der Waals surface area contributed by atoms with Crippen LogP contribution in [0.25, 0.3) is 0 Å². The van der Waals surface area contributed by atoms with Crippen LogP contribution in [0.5, 0.6) is 0 Å². The van der Waals surface area contributed by atoms with Crippen molar-refractivity contribution >= 4 is 31.3 Å². The lowest BCUT2D eigenvalue weighted by atomic mass is 9.99. The molecule has 2 amide bonds. The van der Waals surface area contributed by atoms with Gasteiger partial charge in [-0.25, -0.2) is 0 Å². The Labute approximate surface area is 452 Å². The van der Waals surface area contributed by atoms with Gasteiger partial charge in [-0.3, -0.25) is 23.7 Å². The number of aliphatic hydroxyl groups is 4. The summed E-state index contributed by atoms with van der Waals surface area (Å²) in [5, 5.41) is 44.6. The van der Waals surface area contributed by atoms with Crippen molar-refractivity contribution in [2.75, 3.05) is 52.8 Å². The summed E-state index contributed by atoms with van der Waals surface area (Å²) in [4.78, 5) is 51.4. The minimum absolute atomic E-state index is 0.0592. The number of nitrogens with one attached hydrogen (secondary N) is 2. The SMILES string of the molecule is CCCCCCCC/C=C\CCCCCCCC(=O)O[C@H](COC(=O)C(/C=C/CCCCCCCC)CCCCCC)COP(C)(=O)OCCNC(=O)CCCCC(=O)NCCCO[C@@H]1OC(CO)[C@H](O)[C@H](O)C1O. The molecule has 0 saturated carbocycles. The molecule has 18 heteroatoms. The third kappa shape index (κ3) is 38.5. The first-order chi connectivity index (χ1) is 36.3. The van der Waals surface area contributed by atoms with E-state index in [1.165, 1.54) is 70.9 Å². The second-order valence-corrected chi connectivity index (χ2v) is 22.3. The van der Waals surface area contributed by atoms with Crippen molar-refractivity contribution in [2.45, 2.75) is 257 Å². The zero-order chi connectivity index (χ0) is 55.2. The van der Waals surface area contributed by atoms with Gasteiger partial charge in [0, 0.05) is 39.0 Å². The third-order valence-electron chi connectivity index (χ3n) is 13.2. The van der Waals surface area contributed by atoms with Crippen LogP contribution in [0, 0.1) is 5.92 Å². The molecule has 75 heavy (non-hydrogen) atoms. The first-order valence-electron chi connectivity index (χ1n) is 29.3. The molecule has 0 aliphatic carbocycles. The first kappa shape index (κ1) is 70.3. The van der Waals surface area contributed by atoms with Gasteiger partial charge in [0.05, 0.1) is 32.3 Å². The van der Waals surface area contributed by atoms with Crippen LogP contribution in [0.2, 0.25) is 0 Å². The molecule has 438 valence electrons. The topological polar surface area (TPSA) is 246 Å². The van der Waals surface area contributed by atoms with E-state index in [2.05, 4.69) is 49.6 Å². The van der Waals surface area contributed by atoms with Gasteiger partial charge in [0.2, 0.25) is 11.8 Å². The molecule has 0 radical (unpaired) electrons. The minimum atomic E-state index is -3.69. The lowest BCUT2D eigenvalue weighted by Crippen LogP contribution is -2.59. The molecule has 1 fully saturated rings. The fraction of sp³-hybridized carbons (Fsp3) is 0.860. The van der Waals surface area contributed by atoms with Crippen molar-refractivity contribution in [1.82, 2.24) is 10.6 Å². The molecule has 4 unspecified atom stereocenters. The quantitative estimate of drug-likeness (QED) is 0.0144. The molecule has 1 aliphatic rings. The van der Waals surface area contributed by atoms with Crippen LogP contribution < -0.4 is 10.6 Å². The van der Waals surface area contributed by atoms with E-state index in [1.807, 2.05) is 6.08 Å². The second kappa shape index (κ2) is 47.3. The Morgan fingerprint density at radius 2 is 1.11 bits per heavy atom. The number of amides is 2. The summed E-state index contributed by atoms with van der Waals surface area (Å²) < 4.78 is 46.9. The maximum Gasteiger partial charge on any atom is 0.327 e. The van der Waals surface area contributed by atoms with Gasteiger partial charge in [-0.05, 0) is 70.6 Å². The van der Waals surface area contributed by atoms with E-state index >= 15 is 0 Å². The van der Waals surface area contributed by atoms with Crippen molar-refractivity contribution in [3.05, 3.63) is 24.3 Å². The normalized spacial score (nSPS) is 19.5.